The highest BCUT2D eigenvalue weighted by Crippen LogP contribution is 2.26. The molecule has 1 fully saturated rings. The van der Waals surface area contributed by atoms with Crippen molar-refractivity contribution in [1.82, 2.24) is 10.2 Å². The van der Waals surface area contributed by atoms with E-state index >= 15 is 0 Å². The van der Waals surface area contributed by atoms with Crippen molar-refractivity contribution in [3.05, 3.63) is 12.3 Å². The van der Waals surface area contributed by atoms with Crippen molar-refractivity contribution >= 4 is 12.0 Å². The van der Waals surface area contributed by atoms with Gasteiger partial charge in [0.05, 0.1) is 13.2 Å². The summed E-state index contributed by atoms with van der Waals surface area (Å²) in [7, 11) is 0. The lowest BCUT2D eigenvalue weighted by atomic mass is 10.1. The van der Waals surface area contributed by atoms with E-state index in [9.17, 15) is 19.8 Å². The van der Waals surface area contributed by atoms with Crippen LogP contribution in [0.25, 0.3) is 0 Å². The van der Waals surface area contributed by atoms with Gasteiger partial charge in [-0.1, -0.05) is 13.3 Å². The lowest BCUT2D eigenvalue weighted by Crippen LogP contribution is -2.66. The molecule has 0 radical (unpaired) electrons. The van der Waals surface area contributed by atoms with Crippen LogP contribution >= 0.6 is 0 Å². The molecule has 136 valence electrons. The van der Waals surface area contributed by atoms with E-state index in [4.69, 9.17) is 20.3 Å². The Morgan fingerprint density at radius 1 is 1.50 bits per heavy atom. The number of aliphatic hydroxyl groups is 3. The minimum absolute atomic E-state index is 0.191. The van der Waals surface area contributed by atoms with Crippen LogP contribution in [-0.2, 0) is 14.3 Å². The molecule has 0 spiro atoms. The smallest absolute Gasteiger partial charge is 0.351 e. The fourth-order valence-electron chi connectivity index (χ4n) is 2.41. The van der Waals surface area contributed by atoms with Gasteiger partial charge >= 0.3 is 12.0 Å². The van der Waals surface area contributed by atoms with Crippen LogP contribution in [0.5, 0.6) is 0 Å². The number of ether oxygens (including phenoxy) is 2. The van der Waals surface area contributed by atoms with Crippen molar-refractivity contribution in [3.8, 4) is 0 Å². The Bertz CT molecular complexity index is 515. The Morgan fingerprint density at radius 2 is 2.21 bits per heavy atom. The maximum absolute atomic E-state index is 12.2. The van der Waals surface area contributed by atoms with Gasteiger partial charge in [0.25, 0.3) is 0 Å². The van der Waals surface area contributed by atoms with Crippen molar-refractivity contribution in [2.24, 2.45) is 5.73 Å². The minimum Gasteiger partial charge on any atom is -0.463 e. The second kappa shape index (κ2) is 7.45. The molecule has 2 rings (SSSR count). The average Bonchev–Trinajstić information content (AvgIpc) is 2.83. The summed E-state index contributed by atoms with van der Waals surface area (Å²) in [4.78, 5) is 25.2. The second-order valence-corrected chi connectivity index (χ2v) is 5.74. The molecule has 10 nitrogen and oxygen atoms in total. The summed E-state index contributed by atoms with van der Waals surface area (Å²) in [5, 5.41) is 31.1. The van der Waals surface area contributed by atoms with Crippen molar-refractivity contribution in [1.29, 1.82) is 0 Å². The number of hydrogen-bond acceptors (Lipinski definition) is 8. The molecule has 5 atom stereocenters. The molecule has 0 saturated carbocycles. The minimum atomic E-state index is -1.82. The first-order valence-corrected chi connectivity index (χ1v) is 7.72. The van der Waals surface area contributed by atoms with E-state index in [1.807, 2.05) is 6.92 Å². The van der Waals surface area contributed by atoms with Crippen LogP contribution in [0, 0.1) is 0 Å². The Kier molecular flexibility index (Phi) is 5.78. The zero-order valence-electron chi connectivity index (χ0n) is 13.3. The summed E-state index contributed by atoms with van der Waals surface area (Å²) in [6, 6.07) is -0.803. The molecule has 0 aromatic heterocycles. The number of nitrogens with two attached hydrogens (primary N) is 1. The predicted octanol–water partition coefficient (Wildman–Crippen LogP) is -2.04. The number of esters is 1. The van der Waals surface area contributed by atoms with E-state index in [1.165, 1.54) is 12.3 Å². The van der Waals surface area contributed by atoms with Gasteiger partial charge in [0.1, 0.15) is 18.3 Å². The molecule has 1 saturated heterocycles. The van der Waals surface area contributed by atoms with Gasteiger partial charge in [0, 0.05) is 6.20 Å². The topological polar surface area (TPSA) is 155 Å². The SMILES string of the molecule is CCCCOC(=O)C1(N)C=CN([C@@H]2O[C@H](CO)[C@@H](O)[C@H]2O)C(=O)N1. The number of amides is 2. The third kappa shape index (κ3) is 3.52. The Labute approximate surface area is 138 Å². The van der Waals surface area contributed by atoms with Crippen LogP contribution in [0.1, 0.15) is 19.8 Å². The molecule has 24 heavy (non-hydrogen) atoms. The van der Waals surface area contributed by atoms with Crippen LogP contribution in [0.15, 0.2) is 12.3 Å². The summed E-state index contributed by atoms with van der Waals surface area (Å²) in [5.74, 6) is -0.804. The van der Waals surface area contributed by atoms with Crippen molar-refractivity contribution < 1.29 is 34.4 Å². The van der Waals surface area contributed by atoms with Gasteiger partial charge in [-0.3, -0.25) is 10.6 Å². The normalized spacial score (nSPS) is 35.9. The molecule has 2 heterocycles. The summed E-state index contributed by atoms with van der Waals surface area (Å²) in [6.45, 7) is 1.61. The second-order valence-electron chi connectivity index (χ2n) is 5.74. The van der Waals surface area contributed by atoms with E-state index in [-0.39, 0.29) is 6.61 Å². The maximum Gasteiger partial charge on any atom is 0.351 e. The van der Waals surface area contributed by atoms with Crippen LogP contribution < -0.4 is 11.1 Å². The number of nitrogens with one attached hydrogen (secondary N) is 1. The Morgan fingerprint density at radius 3 is 2.75 bits per heavy atom. The third-order valence-corrected chi connectivity index (χ3v) is 3.91. The van der Waals surface area contributed by atoms with E-state index < -0.39 is 48.8 Å². The van der Waals surface area contributed by atoms with Gasteiger partial charge in [-0.15, -0.1) is 0 Å². The monoisotopic (exact) mass is 345 g/mol. The number of carbonyl (C=O) groups excluding carboxylic acids is 2. The maximum atomic E-state index is 12.2. The summed E-state index contributed by atoms with van der Waals surface area (Å²) >= 11 is 0. The summed E-state index contributed by atoms with van der Waals surface area (Å²) < 4.78 is 10.3. The lowest BCUT2D eigenvalue weighted by molar-refractivity contribution is -0.149. The quantitative estimate of drug-likeness (QED) is 0.272. The zero-order valence-corrected chi connectivity index (χ0v) is 13.3. The molecule has 10 heteroatoms. The molecule has 0 aliphatic carbocycles. The predicted molar refractivity (Wildman–Crippen MR) is 80.1 cm³/mol. The van der Waals surface area contributed by atoms with E-state index in [2.05, 4.69) is 5.32 Å². The number of rotatable bonds is 6. The zero-order chi connectivity index (χ0) is 17.9. The molecule has 0 aromatic rings. The Balaban J connectivity index is 2.07. The number of hydrogen-bond donors (Lipinski definition) is 5. The molecule has 1 unspecified atom stereocenters. The summed E-state index contributed by atoms with van der Waals surface area (Å²) in [5.41, 5.74) is 4.02. The molecule has 2 amide bonds. The van der Waals surface area contributed by atoms with Crippen LogP contribution in [0.2, 0.25) is 0 Å². The van der Waals surface area contributed by atoms with Crippen LogP contribution in [0.4, 0.5) is 4.79 Å². The van der Waals surface area contributed by atoms with Crippen molar-refractivity contribution in [2.45, 2.75) is 50.0 Å². The number of urea groups is 1. The van der Waals surface area contributed by atoms with E-state index in [1.54, 1.807) is 0 Å². The van der Waals surface area contributed by atoms with Crippen LogP contribution in [0.3, 0.4) is 0 Å². The third-order valence-electron chi connectivity index (χ3n) is 3.91. The fourth-order valence-corrected chi connectivity index (χ4v) is 2.41. The van der Waals surface area contributed by atoms with Gasteiger partial charge < -0.3 is 30.1 Å². The molecule has 0 bridgehead atoms. The Hall–Kier alpha value is -1.72. The average molecular weight is 345 g/mol. The molecule has 2 aliphatic heterocycles. The number of nitrogens with zero attached hydrogens (tertiary/aromatic N) is 1. The van der Waals surface area contributed by atoms with Gasteiger partial charge in [-0.25, -0.2) is 9.59 Å². The number of carbonyl (C=O) groups is 2. The van der Waals surface area contributed by atoms with Crippen LogP contribution in [-0.4, -0.2) is 75.6 Å². The standard InChI is InChI=1S/C14H23N3O7/c1-2-3-6-23-12(21)14(15)4-5-17(13(22)16-14)11-10(20)9(19)8(7-18)24-11/h4-5,8-11,18-20H,2-3,6-7,15H2,1H3,(H,16,22)/t8-,9-,10-,11-,14?/m1/s1. The first-order valence-electron chi connectivity index (χ1n) is 7.72. The first kappa shape index (κ1) is 18.6. The van der Waals surface area contributed by atoms with Crippen molar-refractivity contribution in [2.75, 3.05) is 13.2 Å². The fraction of sp³-hybridized carbons (Fsp3) is 0.714. The highest BCUT2D eigenvalue weighted by molar-refractivity contribution is 5.90. The van der Waals surface area contributed by atoms with Gasteiger partial charge in [-0.05, 0) is 12.5 Å². The molecular formula is C14H23N3O7. The van der Waals surface area contributed by atoms with Gasteiger partial charge in [0.15, 0.2) is 6.23 Å². The van der Waals surface area contributed by atoms with E-state index in [0.717, 1.165) is 11.3 Å². The lowest BCUT2D eigenvalue weighted by Gasteiger charge is -2.36. The number of unbranched alkanes of at least 4 members (excludes halogenated alkanes) is 1. The van der Waals surface area contributed by atoms with Gasteiger partial charge in [0.2, 0.25) is 5.66 Å². The number of aliphatic hydroxyl groups excluding tert-OH is 3. The molecule has 0 aromatic carbocycles. The first-order chi connectivity index (χ1) is 11.3. The molecular weight excluding hydrogens is 322 g/mol. The van der Waals surface area contributed by atoms with E-state index in [0.29, 0.717) is 6.42 Å². The highest BCUT2D eigenvalue weighted by atomic mass is 16.6. The molecule has 2 aliphatic rings. The van der Waals surface area contributed by atoms with Crippen molar-refractivity contribution in [3.63, 3.8) is 0 Å². The molecule has 6 N–H and O–H groups in total. The summed E-state index contributed by atoms with van der Waals surface area (Å²) in [6.07, 6.45) is -1.09. The van der Waals surface area contributed by atoms with Gasteiger partial charge in [-0.2, -0.15) is 0 Å². The largest absolute Gasteiger partial charge is 0.463 e. The highest BCUT2D eigenvalue weighted by Gasteiger charge is 2.49.